The van der Waals surface area contributed by atoms with E-state index >= 15 is 0 Å². The Morgan fingerprint density at radius 3 is 3.00 bits per heavy atom. The van der Waals surface area contributed by atoms with E-state index in [9.17, 15) is 4.79 Å². The number of nitrogens with one attached hydrogen (secondary N) is 3. The number of anilines is 1. The molecule has 0 radical (unpaired) electrons. The highest BCUT2D eigenvalue weighted by molar-refractivity contribution is 5.92. The number of carbonyl (C=O) groups is 1. The van der Waals surface area contributed by atoms with E-state index in [0.717, 1.165) is 6.54 Å². The van der Waals surface area contributed by atoms with Crippen LogP contribution in [0.5, 0.6) is 0 Å². The molecule has 7 nitrogen and oxygen atoms in total. The Morgan fingerprint density at radius 2 is 2.32 bits per heavy atom. The van der Waals surface area contributed by atoms with Crippen LogP contribution in [0.3, 0.4) is 0 Å². The van der Waals surface area contributed by atoms with Gasteiger partial charge in [0.05, 0.1) is 6.04 Å². The molecule has 1 amide bonds. The molecule has 19 heavy (non-hydrogen) atoms. The van der Waals surface area contributed by atoms with Gasteiger partial charge in [0.25, 0.3) is 5.91 Å². The first-order valence-electron chi connectivity index (χ1n) is 6.07. The van der Waals surface area contributed by atoms with Gasteiger partial charge in [0, 0.05) is 6.54 Å². The van der Waals surface area contributed by atoms with E-state index in [-0.39, 0.29) is 11.9 Å². The molecule has 0 saturated heterocycles. The number of rotatable bonds is 5. The second-order valence-electron chi connectivity index (χ2n) is 4.00. The quantitative estimate of drug-likeness (QED) is 0.748. The third kappa shape index (κ3) is 3.27. The van der Waals surface area contributed by atoms with Crippen LogP contribution >= 0.6 is 0 Å². The van der Waals surface area contributed by atoms with Crippen molar-refractivity contribution in [2.45, 2.75) is 19.9 Å². The van der Waals surface area contributed by atoms with Crippen molar-refractivity contribution in [1.82, 2.24) is 25.5 Å². The average Bonchev–Trinajstić information content (AvgIpc) is 2.93. The summed E-state index contributed by atoms with van der Waals surface area (Å²) in [7, 11) is 0. The molecule has 100 valence electrons. The SMILES string of the molecule is CCNc1cccc(C(=O)NC(C)c2ncn[nH]2)n1. The fourth-order valence-corrected chi connectivity index (χ4v) is 1.60. The van der Waals surface area contributed by atoms with E-state index in [1.165, 1.54) is 6.33 Å². The first-order chi connectivity index (χ1) is 9.20. The Hall–Kier alpha value is -2.44. The van der Waals surface area contributed by atoms with Crippen molar-refractivity contribution in [3.05, 3.63) is 36.0 Å². The third-order valence-electron chi connectivity index (χ3n) is 2.53. The average molecular weight is 260 g/mol. The third-order valence-corrected chi connectivity index (χ3v) is 2.53. The highest BCUT2D eigenvalue weighted by atomic mass is 16.1. The minimum absolute atomic E-state index is 0.247. The van der Waals surface area contributed by atoms with E-state index in [4.69, 9.17) is 0 Å². The van der Waals surface area contributed by atoms with Gasteiger partial charge < -0.3 is 10.6 Å². The Balaban J connectivity index is 2.05. The zero-order valence-electron chi connectivity index (χ0n) is 10.8. The summed E-state index contributed by atoms with van der Waals surface area (Å²) >= 11 is 0. The fraction of sp³-hybridized carbons (Fsp3) is 0.333. The van der Waals surface area contributed by atoms with E-state index in [1.54, 1.807) is 12.1 Å². The van der Waals surface area contributed by atoms with Gasteiger partial charge in [-0.1, -0.05) is 6.07 Å². The zero-order chi connectivity index (χ0) is 13.7. The van der Waals surface area contributed by atoms with Gasteiger partial charge in [0.2, 0.25) is 0 Å². The molecular weight excluding hydrogens is 244 g/mol. The molecule has 0 fully saturated rings. The van der Waals surface area contributed by atoms with E-state index in [2.05, 4.69) is 30.8 Å². The normalized spacial score (nSPS) is 11.9. The minimum atomic E-state index is -0.250. The molecule has 2 rings (SSSR count). The highest BCUT2D eigenvalue weighted by Gasteiger charge is 2.14. The molecule has 0 saturated carbocycles. The highest BCUT2D eigenvalue weighted by Crippen LogP contribution is 2.08. The largest absolute Gasteiger partial charge is 0.370 e. The summed E-state index contributed by atoms with van der Waals surface area (Å²) in [5, 5.41) is 12.3. The summed E-state index contributed by atoms with van der Waals surface area (Å²) in [6, 6.07) is 5.03. The predicted molar refractivity (Wildman–Crippen MR) is 70.7 cm³/mol. The number of carbonyl (C=O) groups excluding carboxylic acids is 1. The monoisotopic (exact) mass is 260 g/mol. The zero-order valence-corrected chi connectivity index (χ0v) is 10.8. The lowest BCUT2D eigenvalue weighted by Gasteiger charge is -2.11. The maximum atomic E-state index is 12.0. The number of aromatic nitrogens is 4. The van der Waals surface area contributed by atoms with Crippen molar-refractivity contribution in [2.75, 3.05) is 11.9 Å². The minimum Gasteiger partial charge on any atom is -0.370 e. The Labute approximate surface area is 110 Å². The number of nitrogens with zero attached hydrogens (tertiary/aromatic N) is 3. The molecule has 0 aliphatic rings. The lowest BCUT2D eigenvalue weighted by molar-refractivity contribution is 0.0933. The van der Waals surface area contributed by atoms with Gasteiger partial charge in [-0.15, -0.1) is 0 Å². The Bertz CT molecular complexity index is 539. The van der Waals surface area contributed by atoms with Gasteiger partial charge >= 0.3 is 0 Å². The first kappa shape index (κ1) is 13.0. The van der Waals surface area contributed by atoms with Crippen molar-refractivity contribution in [3.8, 4) is 0 Å². The Morgan fingerprint density at radius 1 is 1.47 bits per heavy atom. The second kappa shape index (κ2) is 5.94. The molecule has 7 heteroatoms. The van der Waals surface area contributed by atoms with Gasteiger partial charge in [0.1, 0.15) is 23.7 Å². The number of amides is 1. The lowest BCUT2D eigenvalue weighted by atomic mass is 10.2. The topological polar surface area (TPSA) is 95.6 Å². The van der Waals surface area contributed by atoms with Crippen molar-refractivity contribution >= 4 is 11.7 Å². The van der Waals surface area contributed by atoms with Gasteiger partial charge in [-0.2, -0.15) is 5.10 Å². The van der Waals surface area contributed by atoms with Crippen LogP contribution in [0.1, 0.15) is 36.2 Å². The molecule has 0 bridgehead atoms. The maximum Gasteiger partial charge on any atom is 0.270 e. The number of H-pyrrole nitrogens is 1. The molecule has 2 aromatic rings. The van der Waals surface area contributed by atoms with Gasteiger partial charge in [-0.25, -0.2) is 9.97 Å². The summed E-state index contributed by atoms with van der Waals surface area (Å²) in [6.45, 7) is 4.56. The summed E-state index contributed by atoms with van der Waals surface area (Å²) in [5.41, 5.74) is 0.366. The van der Waals surface area contributed by atoms with Crippen molar-refractivity contribution in [1.29, 1.82) is 0 Å². The van der Waals surface area contributed by atoms with Crippen LogP contribution in [-0.4, -0.2) is 32.6 Å². The number of hydrogen-bond donors (Lipinski definition) is 3. The van der Waals surface area contributed by atoms with Crippen molar-refractivity contribution < 1.29 is 4.79 Å². The summed E-state index contributed by atoms with van der Waals surface area (Å²) in [6.07, 6.45) is 1.40. The van der Waals surface area contributed by atoms with Crippen LogP contribution in [0.25, 0.3) is 0 Å². The van der Waals surface area contributed by atoms with Gasteiger partial charge in [0.15, 0.2) is 0 Å². The van der Waals surface area contributed by atoms with Crippen LogP contribution in [0.15, 0.2) is 24.5 Å². The van der Waals surface area contributed by atoms with E-state index < -0.39 is 0 Å². The van der Waals surface area contributed by atoms with Crippen LogP contribution in [0.2, 0.25) is 0 Å². The summed E-state index contributed by atoms with van der Waals surface area (Å²) < 4.78 is 0. The molecular formula is C12H16N6O. The maximum absolute atomic E-state index is 12.0. The summed E-state index contributed by atoms with van der Waals surface area (Å²) in [5.74, 6) is 1.04. The molecule has 3 N–H and O–H groups in total. The van der Waals surface area contributed by atoms with E-state index in [0.29, 0.717) is 17.3 Å². The van der Waals surface area contributed by atoms with E-state index in [1.807, 2.05) is 19.9 Å². The molecule has 0 aromatic carbocycles. The van der Waals surface area contributed by atoms with Crippen LogP contribution in [0.4, 0.5) is 5.82 Å². The fourth-order valence-electron chi connectivity index (χ4n) is 1.60. The molecule has 2 aromatic heterocycles. The smallest absolute Gasteiger partial charge is 0.270 e. The molecule has 1 unspecified atom stereocenters. The number of pyridine rings is 1. The molecule has 0 aliphatic heterocycles. The number of hydrogen-bond acceptors (Lipinski definition) is 5. The lowest BCUT2D eigenvalue weighted by Crippen LogP contribution is -2.28. The first-order valence-corrected chi connectivity index (χ1v) is 6.07. The standard InChI is InChI=1S/C12H16N6O/c1-3-13-10-6-4-5-9(17-10)12(19)16-8(2)11-14-7-15-18-11/h4-8H,3H2,1-2H3,(H,13,17)(H,16,19)(H,14,15,18). The van der Waals surface area contributed by atoms with Gasteiger partial charge in [-0.3, -0.25) is 9.89 Å². The van der Waals surface area contributed by atoms with Crippen LogP contribution in [-0.2, 0) is 0 Å². The van der Waals surface area contributed by atoms with Gasteiger partial charge in [-0.05, 0) is 26.0 Å². The Kier molecular flexibility index (Phi) is 4.07. The van der Waals surface area contributed by atoms with Crippen LogP contribution < -0.4 is 10.6 Å². The number of aromatic amines is 1. The van der Waals surface area contributed by atoms with Crippen molar-refractivity contribution in [2.24, 2.45) is 0 Å². The second-order valence-corrected chi connectivity index (χ2v) is 4.00. The summed E-state index contributed by atoms with van der Waals surface area (Å²) in [4.78, 5) is 20.3. The van der Waals surface area contributed by atoms with Crippen molar-refractivity contribution in [3.63, 3.8) is 0 Å². The molecule has 0 aliphatic carbocycles. The van der Waals surface area contributed by atoms with Crippen LogP contribution in [0, 0.1) is 0 Å². The molecule has 1 atom stereocenters. The molecule has 0 spiro atoms. The molecule has 2 heterocycles. The predicted octanol–water partition coefficient (Wildman–Crippen LogP) is 1.12.